The Labute approximate surface area is 208 Å². The van der Waals surface area contributed by atoms with E-state index in [1.807, 2.05) is 6.07 Å². The highest BCUT2D eigenvalue weighted by Gasteiger charge is 2.46. The fourth-order valence-electron chi connectivity index (χ4n) is 3.90. The van der Waals surface area contributed by atoms with Crippen molar-refractivity contribution >= 4 is 23.4 Å². The molecular formula is C25H17F3N4O5. The molecule has 2 N–H and O–H groups in total. The molecular weight excluding hydrogens is 493 g/mol. The Morgan fingerprint density at radius 3 is 2.11 bits per heavy atom. The van der Waals surface area contributed by atoms with E-state index >= 15 is 0 Å². The zero-order valence-electron chi connectivity index (χ0n) is 19.3. The Balaban J connectivity index is 2.50. The topological polar surface area (TPSA) is 147 Å². The maximum absolute atomic E-state index is 13.5. The maximum Gasteiger partial charge on any atom is 0.454 e. The fraction of sp³-hybridized carbons (Fsp3) is 0.160. The molecule has 12 heteroatoms. The van der Waals surface area contributed by atoms with E-state index in [-0.39, 0.29) is 11.1 Å². The monoisotopic (exact) mass is 510 g/mol. The largest absolute Gasteiger partial charge is 0.466 e. The third-order valence-electron chi connectivity index (χ3n) is 5.48. The summed E-state index contributed by atoms with van der Waals surface area (Å²) in [6, 6.07) is 14.1. The van der Waals surface area contributed by atoms with Crippen LogP contribution in [0, 0.1) is 22.7 Å². The van der Waals surface area contributed by atoms with Crippen molar-refractivity contribution in [1.29, 1.82) is 10.5 Å². The van der Waals surface area contributed by atoms with Gasteiger partial charge in [-0.25, -0.2) is 9.59 Å². The standard InChI is InChI=1S/C25H17F3N4O5/c1-36-23(34)19-18(14-6-4-3-5-7-14)16(12-30)22(31)32(20(19)24(35)37-2)17-9-8-13(11-29)10-15(17)21(33)25(26,27)28/h3-10,18H,31H2,1-2H3. The first kappa shape index (κ1) is 26.5. The number of Topliss-reactive ketones (excluding diaryl/α,β-unsaturated/α-hetero) is 1. The van der Waals surface area contributed by atoms with E-state index in [0.717, 1.165) is 26.4 Å². The van der Waals surface area contributed by atoms with Gasteiger partial charge in [-0.1, -0.05) is 30.3 Å². The highest BCUT2D eigenvalue weighted by Crippen LogP contribution is 2.44. The van der Waals surface area contributed by atoms with Crippen LogP contribution in [-0.4, -0.2) is 38.1 Å². The second kappa shape index (κ2) is 10.3. The van der Waals surface area contributed by atoms with Crippen molar-refractivity contribution in [2.24, 2.45) is 5.73 Å². The third-order valence-corrected chi connectivity index (χ3v) is 5.48. The molecule has 1 aliphatic heterocycles. The summed E-state index contributed by atoms with van der Waals surface area (Å²) in [7, 11) is 1.96. The highest BCUT2D eigenvalue weighted by atomic mass is 19.4. The van der Waals surface area contributed by atoms with Crippen molar-refractivity contribution in [3.63, 3.8) is 0 Å². The van der Waals surface area contributed by atoms with Crippen LogP contribution in [0.4, 0.5) is 18.9 Å². The van der Waals surface area contributed by atoms with Crippen molar-refractivity contribution in [2.45, 2.75) is 12.1 Å². The van der Waals surface area contributed by atoms with Crippen LogP contribution in [0.3, 0.4) is 0 Å². The molecule has 1 atom stereocenters. The lowest BCUT2D eigenvalue weighted by molar-refractivity contribution is -0.139. The van der Waals surface area contributed by atoms with Gasteiger partial charge >= 0.3 is 18.1 Å². The molecule has 188 valence electrons. The molecule has 1 unspecified atom stereocenters. The SMILES string of the molecule is COC(=O)C1=C(C(=O)OC)N(c2ccc(C#N)cc2C(=O)C(F)(F)F)C(N)=C(C#N)C1c1ccccc1. The first-order valence-corrected chi connectivity index (χ1v) is 10.3. The van der Waals surface area contributed by atoms with E-state index in [4.69, 9.17) is 15.2 Å². The average molecular weight is 510 g/mol. The van der Waals surface area contributed by atoms with Crippen LogP contribution in [0.15, 0.2) is 71.2 Å². The van der Waals surface area contributed by atoms with Gasteiger partial charge in [0, 0.05) is 0 Å². The fourth-order valence-corrected chi connectivity index (χ4v) is 3.90. The van der Waals surface area contributed by atoms with Gasteiger partial charge in [0.25, 0.3) is 5.78 Å². The van der Waals surface area contributed by atoms with Gasteiger partial charge in [0.2, 0.25) is 0 Å². The third kappa shape index (κ3) is 4.73. The molecule has 0 fully saturated rings. The number of benzene rings is 2. The van der Waals surface area contributed by atoms with Gasteiger partial charge in [-0.2, -0.15) is 23.7 Å². The molecule has 0 saturated carbocycles. The summed E-state index contributed by atoms with van der Waals surface area (Å²) < 4.78 is 50.2. The quantitative estimate of drug-likeness (QED) is 0.473. The lowest BCUT2D eigenvalue weighted by Gasteiger charge is -2.36. The number of nitriles is 2. The first-order valence-electron chi connectivity index (χ1n) is 10.3. The second-order valence-electron chi connectivity index (χ2n) is 7.51. The number of nitrogens with zero attached hydrogens (tertiary/aromatic N) is 3. The Bertz CT molecular complexity index is 1430. The van der Waals surface area contributed by atoms with Crippen molar-refractivity contribution in [3.05, 3.63) is 87.9 Å². The Kier molecular flexibility index (Phi) is 7.35. The van der Waals surface area contributed by atoms with E-state index in [1.54, 1.807) is 36.4 Å². The Morgan fingerprint density at radius 2 is 1.59 bits per heavy atom. The molecule has 0 spiro atoms. The Hall–Kier alpha value is -5.10. The molecule has 0 saturated heterocycles. The summed E-state index contributed by atoms with van der Waals surface area (Å²) in [6.45, 7) is 0. The number of ether oxygens (including phenoxy) is 2. The molecule has 9 nitrogen and oxygen atoms in total. The van der Waals surface area contributed by atoms with E-state index in [9.17, 15) is 38.1 Å². The van der Waals surface area contributed by atoms with E-state index in [2.05, 4.69) is 0 Å². The predicted molar refractivity (Wildman–Crippen MR) is 121 cm³/mol. The zero-order valence-corrected chi connectivity index (χ0v) is 19.3. The number of carbonyl (C=O) groups is 3. The van der Waals surface area contributed by atoms with E-state index < -0.39 is 58.2 Å². The number of rotatable bonds is 5. The molecule has 37 heavy (non-hydrogen) atoms. The number of alkyl halides is 3. The van der Waals surface area contributed by atoms with Crippen LogP contribution in [0.25, 0.3) is 0 Å². The van der Waals surface area contributed by atoms with Crippen molar-refractivity contribution in [2.75, 3.05) is 19.1 Å². The number of carbonyl (C=O) groups excluding carboxylic acids is 3. The Morgan fingerprint density at radius 1 is 0.973 bits per heavy atom. The summed E-state index contributed by atoms with van der Waals surface area (Å²) in [4.78, 5) is 39.1. The van der Waals surface area contributed by atoms with Crippen molar-refractivity contribution < 1.29 is 37.0 Å². The summed E-state index contributed by atoms with van der Waals surface area (Å²) in [5.74, 6) is -6.46. The minimum absolute atomic E-state index is 0.296. The molecule has 1 heterocycles. The minimum Gasteiger partial charge on any atom is -0.466 e. The average Bonchev–Trinajstić information content (AvgIpc) is 2.90. The molecule has 0 amide bonds. The molecule has 0 aromatic heterocycles. The molecule has 0 aliphatic carbocycles. The van der Waals surface area contributed by atoms with Gasteiger partial charge < -0.3 is 15.2 Å². The number of nitrogens with two attached hydrogens (primary N) is 1. The summed E-state index contributed by atoms with van der Waals surface area (Å²) in [5, 5.41) is 19.2. The normalized spacial score (nSPS) is 15.5. The summed E-state index contributed by atoms with van der Waals surface area (Å²) in [5.41, 5.74) is 3.22. The van der Waals surface area contributed by atoms with Crippen LogP contribution in [0.2, 0.25) is 0 Å². The van der Waals surface area contributed by atoms with Gasteiger partial charge in [-0.05, 0) is 23.8 Å². The maximum atomic E-state index is 13.5. The zero-order chi connectivity index (χ0) is 27.5. The predicted octanol–water partition coefficient (Wildman–Crippen LogP) is 3.20. The van der Waals surface area contributed by atoms with Crippen molar-refractivity contribution in [1.82, 2.24) is 0 Å². The number of halogens is 3. The lowest BCUT2D eigenvalue weighted by atomic mass is 9.80. The molecule has 0 bridgehead atoms. The van der Waals surface area contributed by atoms with Gasteiger partial charge in [-0.3, -0.25) is 9.69 Å². The number of esters is 2. The summed E-state index contributed by atoms with van der Waals surface area (Å²) in [6.07, 6.45) is -5.37. The molecule has 2 aromatic carbocycles. The minimum atomic E-state index is -5.37. The molecule has 1 aliphatic rings. The first-order chi connectivity index (χ1) is 17.5. The van der Waals surface area contributed by atoms with Crippen LogP contribution >= 0.6 is 0 Å². The number of allylic oxidation sites excluding steroid dienone is 1. The highest BCUT2D eigenvalue weighted by molar-refractivity contribution is 6.10. The second-order valence-corrected chi connectivity index (χ2v) is 7.51. The van der Waals surface area contributed by atoms with Crippen molar-refractivity contribution in [3.8, 4) is 12.1 Å². The number of methoxy groups -OCH3 is 2. The van der Waals surface area contributed by atoms with E-state index in [0.29, 0.717) is 16.5 Å². The molecule has 0 radical (unpaired) electrons. The number of hydrogen-bond donors (Lipinski definition) is 1. The smallest absolute Gasteiger partial charge is 0.454 e. The molecule has 3 rings (SSSR count). The number of ketones is 1. The van der Waals surface area contributed by atoms with Crippen LogP contribution in [0.1, 0.15) is 27.4 Å². The number of anilines is 1. The van der Waals surface area contributed by atoms with Gasteiger partial charge in [0.15, 0.2) is 0 Å². The lowest BCUT2D eigenvalue weighted by Crippen LogP contribution is -2.41. The van der Waals surface area contributed by atoms with E-state index in [1.165, 1.54) is 0 Å². The number of hydrogen-bond acceptors (Lipinski definition) is 9. The van der Waals surface area contributed by atoms with Gasteiger partial charge in [-0.15, -0.1) is 0 Å². The van der Waals surface area contributed by atoms with Crippen LogP contribution < -0.4 is 10.6 Å². The van der Waals surface area contributed by atoms with Gasteiger partial charge in [0.1, 0.15) is 11.5 Å². The van der Waals surface area contributed by atoms with Crippen LogP contribution in [0.5, 0.6) is 0 Å². The summed E-state index contributed by atoms with van der Waals surface area (Å²) >= 11 is 0. The van der Waals surface area contributed by atoms with Crippen LogP contribution in [-0.2, 0) is 19.1 Å². The molecule has 2 aromatic rings. The van der Waals surface area contributed by atoms with Gasteiger partial charge in [0.05, 0.1) is 60.2 Å².